The summed E-state index contributed by atoms with van der Waals surface area (Å²) in [4.78, 5) is 22.5. The maximum Gasteiger partial charge on any atom is 0.280 e. The van der Waals surface area contributed by atoms with E-state index in [-0.39, 0.29) is 23.7 Å². The van der Waals surface area contributed by atoms with Crippen molar-refractivity contribution in [2.45, 2.75) is 44.2 Å². The second-order valence-corrected chi connectivity index (χ2v) is 8.18. The van der Waals surface area contributed by atoms with Gasteiger partial charge in [0.1, 0.15) is 18.3 Å². The fourth-order valence-electron chi connectivity index (χ4n) is 3.37. The maximum absolute atomic E-state index is 12.0. The van der Waals surface area contributed by atoms with Crippen molar-refractivity contribution in [1.82, 2.24) is 24.2 Å². The van der Waals surface area contributed by atoms with E-state index in [0.29, 0.717) is 0 Å². The molecule has 14 heteroatoms. The predicted octanol–water partition coefficient (Wildman–Crippen LogP) is -2.09. The van der Waals surface area contributed by atoms with Gasteiger partial charge in [-0.3, -0.25) is 14.3 Å². The Kier molecular flexibility index (Phi) is 4.03. The normalized spacial score (nSPS) is 30.0. The number of aromatic amines is 1. The minimum atomic E-state index is -3.91. The third-order valence-corrected chi connectivity index (χ3v) is 4.90. The van der Waals surface area contributed by atoms with Crippen molar-refractivity contribution < 1.29 is 22.6 Å². The van der Waals surface area contributed by atoms with E-state index in [0.717, 1.165) is 0 Å². The molecule has 27 heavy (non-hydrogen) atoms. The lowest BCUT2D eigenvalue weighted by Gasteiger charge is -2.24. The first-order chi connectivity index (χ1) is 12.5. The van der Waals surface area contributed by atoms with E-state index in [2.05, 4.69) is 19.7 Å². The Morgan fingerprint density at radius 2 is 2.07 bits per heavy atom. The van der Waals surface area contributed by atoms with Crippen molar-refractivity contribution in [2.75, 3.05) is 12.3 Å². The van der Waals surface area contributed by atoms with E-state index in [1.807, 2.05) is 0 Å². The topological polar surface area (TPSA) is 189 Å². The summed E-state index contributed by atoms with van der Waals surface area (Å²) in [5.41, 5.74) is 5.45. The van der Waals surface area contributed by atoms with Crippen LogP contribution in [0, 0.1) is 0 Å². The summed E-state index contributed by atoms with van der Waals surface area (Å²) >= 11 is 0. The van der Waals surface area contributed by atoms with Crippen molar-refractivity contribution in [3.8, 4) is 0 Å². The molecule has 0 aliphatic carbocycles. The third kappa shape index (κ3) is 3.30. The summed E-state index contributed by atoms with van der Waals surface area (Å²) in [5, 5.41) is 5.00. The Morgan fingerprint density at radius 3 is 2.78 bits per heavy atom. The van der Waals surface area contributed by atoms with Gasteiger partial charge in [0.15, 0.2) is 23.2 Å². The molecule has 2 aromatic heterocycles. The summed E-state index contributed by atoms with van der Waals surface area (Å²) in [7, 11) is -3.91. The number of nitrogens with one attached hydrogen (secondary N) is 2. The van der Waals surface area contributed by atoms with Gasteiger partial charge in [-0.05, 0) is 13.8 Å². The highest BCUT2D eigenvalue weighted by molar-refractivity contribution is 7.87. The van der Waals surface area contributed by atoms with Crippen LogP contribution in [0.3, 0.4) is 0 Å². The van der Waals surface area contributed by atoms with Crippen molar-refractivity contribution >= 4 is 27.3 Å². The van der Waals surface area contributed by atoms with Gasteiger partial charge in [0.25, 0.3) is 15.8 Å². The summed E-state index contributed by atoms with van der Waals surface area (Å²) in [5.74, 6) is -0.975. The van der Waals surface area contributed by atoms with Gasteiger partial charge in [-0.25, -0.2) is 10.1 Å². The average Bonchev–Trinajstić information content (AvgIpc) is 3.15. The largest absolute Gasteiger partial charge is 0.369 e. The predicted molar refractivity (Wildman–Crippen MR) is 91.4 cm³/mol. The van der Waals surface area contributed by atoms with E-state index in [1.54, 1.807) is 13.8 Å². The van der Waals surface area contributed by atoms with Crippen LogP contribution in [0.5, 0.6) is 0 Å². The van der Waals surface area contributed by atoms with E-state index in [4.69, 9.17) is 25.1 Å². The first kappa shape index (κ1) is 18.3. The summed E-state index contributed by atoms with van der Waals surface area (Å²) in [6.45, 7) is 3.36. The number of nitrogens with two attached hydrogens (primary N) is 2. The van der Waals surface area contributed by atoms with Gasteiger partial charge in [-0.2, -0.15) is 18.1 Å². The number of anilines is 1. The SMILES string of the molecule is CC1(C)OC2C(CNS(N)(=O)=O)OC(n3cnc4c(=O)[nH]c(N)nc43)C2O1. The lowest BCUT2D eigenvalue weighted by molar-refractivity contribution is -0.195. The van der Waals surface area contributed by atoms with Gasteiger partial charge >= 0.3 is 0 Å². The lowest BCUT2D eigenvalue weighted by Crippen LogP contribution is -2.42. The standard InChI is InChI=1S/C13H19N7O6S/c1-13(2)25-7-5(3-17-27(15,22)23)24-11(8(7)26-13)20-4-16-6-9(20)18-12(14)19-10(6)21/h4-5,7-8,11,17H,3H2,1-2H3,(H2,15,22,23)(H3,14,18,19,21). The molecule has 148 valence electrons. The van der Waals surface area contributed by atoms with E-state index >= 15 is 0 Å². The molecule has 0 bridgehead atoms. The number of ether oxygens (including phenoxy) is 3. The Bertz CT molecular complexity index is 1050. The molecule has 4 rings (SSSR count). The van der Waals surface area contributed by atoms with Gasteiger partial charge in [-0.15, -0.1) is 0 Å². The Labute approximate surface area is 153 Å². The van der Waals surface area contributed by atoms with E-state index in [1.165, 1.54) is 10.9 Å². The molecule has 0 aromatic carbocycles. The molecule has 0 radical (unpaired) electrons. The minimum Gasteiger partial charge on any atom is -0.369 e. The highest BCUT2D eigenvalue weighted by atomic mass is 32.2. The van der Waals surface area contributed by atoms with Gasteiger partial charge < -0.3 is 19.9 Å². The molecule has 4 heterocycles. The Morgan fingerprint density at radius 1 is 1.37 bits per heavy atom. The van der Waals surface area contributed by atoms with Crippen molar-refractivity contribution in [1.29, 1.82) is 0 Å². The highest BCUT2D eigenvalue weighted by Gasteiger charge is 2.56. The molecule has 0 amide bonds. The van der Waals surface area contributed by atoms with Gasteiger partial charge in [0.05, 0.1) is 6.33 Å². The average molecular weight is 401 g/mol. The quantitative estimate of drug-likeness (QED) is 0.445. The van der Waals surface area contributed by atoms with Gasteiger partial charge in [0, 0.05) is 6.54 Å². The molecule has 4 unspecified atom stereocenters. The maximum atomic E-state index is 12.0. The second kappa shape index (κ2) is 5.95. The number of nitrogens with zero attached hydrogens (tertiary/aromatic N) is 3. The van der Waals surface area contributed by atoms with Crippen LogP contribution in [0.25, 0.3) is 11.2 Å². The second-order valence-electron chi connectivity index (χ2n) is 6.80. The number of aromatic nitrogens is 4. The molecular weight excluding hydrogens is 382 g/mol. The molecule has 2 aromatic rings. The fourth-order valence-corrected chi connectivity index (χ4v) is 3.77. The highest BCUT2D eigenvalue weighted by Crippen LogP contribution is 2.43. The van der Waals surface area contributed by atoms with Crippen LogP contribution in [-0.4, -0.2) is 58.6 Å². The van der Waals surface area contributed by atoms with E-state index < -0.39 is 46.1 Å². The van der Waals surface area contributed by atoms with Crippen LogP contribution in [0.15, 0.2) is 11.1 Å². The smallest absolute Gasteiger partial charge is 0.280 e. The van der Waals surface area contributed by atoms with Crippen molar-refractivity contribution in [3.63, 3.8) is 0 Å². The van der Waals surface area contributed by atoms with Crippen LogP contribution in [0.4, 0.5) is 5.95 Å². The number of hydrogen-bond acceptors (Lipinski definition) is 9. The molecular formula is C13H19N7O6S. The molecule has 6 N–H and O–H groups in total. The number of imidazole rings is 1. The molecule has 2 saturated heterocycles. The lowest BCUT2D eigenvalue weighted by atomic mass is 10.1. The molecule has 13 nitrogen and oxygen atoms in total. The zero-order chi connectivity index (χ0) is 19.6. The summed E-state index contributed by atoms with van der Waals surface area (Å²) < 4.78 is 43.9. The zero-order valence-corrected chi connectivity index (χ0v) is 15.3. The Hall–Kier alpha value is -2.10. The van der Waals surface area contributed by atoms with Crippen LogP contribution >= 0.6 is 0 Å². The number of fused-ring (bicyclic) bond motifs is 2. The fraction of sp³-hybridized carbons (Fsp3) is 0.615. The molecule has 4 atom stereocenters. The van der Waals surface area contributed by atoms with Crippen LogP contribution < -0.4 is 21.2 Å². The number of H-pyrrole nitrogens is 1. The molecule has 2 aliphatic rings. The van der Waals surface area contributed by atoms with E-state index in [9.17, 15) is 13.2 Å². The third-order valence-electron chi connectivity index (χ3n) is 4.34. The molecule has 0 saturated carbocycles. The number of nitrogen functional groups attached to an aromatic ring is 1. The molecule has 2 fully saturated rings. The number of rotatable bonds is 4. The molecule has 0 spiro atoms. The van der Waals surface area contributed by atoms with Crippen LogP contribution in [-0.2, 0) is 24.4 Å². The minimum absolute atomic E-state index is 0.0693. The molecule has 2 aliphatic heterocycles. The number of hydrogen-bond donors (Lipinski definition) is 4. The van der Waals surface area contributed by atoms with Gasteiger partial charge in [0.2, 0.25) is 5.95 Å². The van der Waals surface area contributed by atoms with Crippen molar-refractivity contribution in [3.05, 3.63) is 16.7 Å². The first-order valence-electron chi connectivity index (χ1n) is 8.05. The monoisotopic (exact) mass is 401 g/mol. The summed E-state index contributed by atoms with van der Waals surface area (Å²) in [6.07, 6.45) is -1.22. The van der Waals surface area contributed by atoms with Gasteiger partial charge in [-0.1, -0.05) is 0 Å². The first-order valence-corrected chi connectivity index (χ1v) is 9.59. The van der Waals surface area contributed by atoms with Crippen LogP contribution in [0.1, 0.15) is 20.1 Å². The van der Waals surface area contributed by atoms with Crippen LogP contribution in [0.2, 0.25) is 0 Å². The van der Waals surface area contributed by atoms with Crippen molar-refractivity contribution in [2.24, 2.45) is 5.14 Å². The zero-order valence-electron chi connectivity index (χ0n) is 14.4. The summed E-state index contributed by atoms with van der Waals surface area (Å²) in [6, 6.07) is 0. The Balaban J connectivity index is 1.71.